The first-order valence-corrected chi connectivity index (χ1v) is 9.71. The van der Waals surface area contributed by atoms with Crippen molar-refractivity contribution in [2.45, 2.75) is 96.8 Å². The first-order valence-electron chi connectivity index (χ1n) is 9.71. The zero-order chi connectivity index (χ0) is 16.8. The highest BCUT2D eigenvalue weighted by Gasteiger charge is 2.17. The van der Waals surface area contributed by atoms with Crippen LogP contribution in [0.1, 0.15) is 96.8 Å². The Morgan fingerprint density at radius 1 is 0.696 bits per heavy atom. The second-order valence-corrected chi connectivity index (χ2v) is 6.74. The van der Waals surface area contributed by atoms with Gasteiger partial charge < -0.3 is 0 Å². The Labute approximate surface area is 142 Å². The molecule has 0 aliphatic heterocycles. The van der Waals surface area contributed by atoms with Crippen LogP contribution in [0.25, 0.3) is 0 Å². The van der Waals surface area contributed by atoms with Crippen LogP contribution in [0.2, 0.25) is 0 Å². The standard InChI is InChI=1S/C21H34O2/c1-2-3-4-5-6-7-8-9-10-11-12-13-14-16-19-17-15-18-20(22)21(19)23/h15,17-18H,2-14,16H2,1H3. The van der Waals surface area contributed by atoms with Crippen LogP contribution in [0.3, 0.4) is 0 Å². The zero-order valence-electron chi connectivity index (χ0n) is 14.9. The molecule has 0 atom stereocenters. The predicted octanol–water partition coefficient (Wildman–Crippen LogP) is 6.10. The summed E-state index contributed by atoms with van der Waals surface area (Å²) in [7, 11) is 0. The van der Waals surface area contributed by atoms with E-state index in [0.717, 1.165) is 12.8 Å². The lowest BCUT2D eigenvalue weighted by Crippen LogP contribution is -2.16. The molecule has 0 heterocycles. The second kappa shape index (κ2) is 13.3. The van der Waals surface area contributed by atoms with Crippen molar-refractivity contribution in [3.63, 3.8) is 0 Å². The molecule has 0 spiro atoms. The van der Waals surface area contributed by atoms with Crippen molar-refractivity contribution in [3.05, 3.63) is 23.8 Å². The topological polar surface area (TPSA) is 34.1 Å². The number of ketones is 2. The number of carbonyl (C=O) groups excluding carboxylic acids is 2. The number of rotatable bonds is 14. The molecule has 0 saturated heterocycles. The van der Waals surface area contributed by atoms with Crippen molar-refractivity contribution in [1.82, 2.24) is 0 Å². The van der Waals surface area contributed by atoms with E-state index in [-0.39, 0.29) is 11.6 Å². The lowest BCUT2D eigenvalue weighted by atomic mass is 9.96. The van der Waals surface area contributed by atoms with Gasteiger partial charge in [-0.25, -0.2) is 0 Å². The smallest absolute Gasteiger partial charge is 0.228 e. The van der Waals surface area contributed by atoms with Gasteiger partial charge in [0.2, 0.25) is 11.6 Å². The summed E-state index contributed by atoms with van der Waals surface area (Å²) in [6.07, 6.45) is 22.8. The quantitative estimate of drug-likeness (QED) is 0.220. The summed E-state index contributed by atoms with van der Waals surface area (Å²) in [4.78, 5) is 22.9. The lowest BCUT2D eigenvalue weighted by molar-refractivity contribution is -0.131. The summed E-state index contributed by atoms with van der Waals surface area (Å²) in [5, 5.41) is 0. The largest absolute Gasteiger partial charge is 0.286 e. The Balaban J connectivity index is 1.85. The van der Waals surface area contributed by atoms with E-state index in [4.69, 9.17) is 0 Å². The molecule has 0 N–H and O–H groups in total. The number of hydrogen-bond donors (Lipinski definition) is 0. The van der Waals surface area contributed by atoms with E-state index in [0.29, 0.717) is 5.57 Å². The fourth-order valence-electron chi connectivity index (χ4n) is 3.09. The summed E-state index contributed by atoms with van der Waals surface area (Å²) >= 11 is 0. The van der Waals surface area contributed by atoms with Gasteiger partial charge in [0.1, 0.15) is 0 Å². The van der Waals surface area contributed by atoms with Crippen molar-refractivity contribution >= 4 is 11.6 Å². The molecule has 0 radical (unpaired) electrons. The fourth-order valence-corrected chi connectivity index (χ4v) is 3.09. The van der Waals surface area contributed by atoms with E-state index in [1.807, 2.05) is 0 Å². The highest BCUT2D eigenvalue weighted by molar-refractivity contribution is 6.48. The first-order chi connectivity index (χ1) is 11.3. The van der Waals surface area contributed by atoms with Crippen molar-refractivity contribution in [3.8, 4) is 0 Å². The molecule has 0 aromatic carbocycles. The van der Waals surface area contributed by atoms with Gasteiger partial charge in [-0.15, -0.1) is 0 Å². The molecule has 0 bridgehead atoms. The van der Waals surface area contributed by atoms with Gasteiger partial charge in [-0.05, 0) is 18.9 Å². The van der Waals surface area contributed by atoms with Gasteiger partial charge >= 0.3 is 0 Å². The monoisotopic (exact) mass is 318 g/mol. The Hall–Kier alpha value is -1.18. The third-order valence-corrected chi connectivity index (χ3v) is 4.61. The van der Waals surface area contributed by atoms with Gasteiger partial charge in [0.05, 0.1) is 0 Å². The maximum atomic E-state index is 11.6. The third-order valence-electron chi connectivity index (χ3n) is 4.61. The Morgan fingerprint density at radius 3 is 1.70 bits per heavy atom. The van der Waals surface area contributed by atoms with Crippen LogP contribution >= 0.6 is 0 Å². The molecule has 2 nitrogen and oxygen atoms in total. The molecular formula is C21H34O2. The highest BCUT2D eigenvalue weighted by atomic mass is 16.2. The van der Waals surface area contributed by atoms with E-state index in [1.165, 1.54) is 83.1 Å². The molecule has 2 heteroatoms. The SMILES string of the molecule is CCCCCCCCCCCCCCCC1=CC=CC(=O)C1=O. The predicted molar refractivity (Wildman–Crippen MR) is 97.5 cm³/mol. The van der Waals surface area contributed by atoms with Gasteiger partial charge in [0.15, 0.2) is 0 Å². The van der Waals surface area contributed by atoms with E-state index < -0.39 is 0 Å². The maximum Gasteiger partial charge on any atom is 0.228 e. The molecule has 0 aromatic rings. The highest BCUT2D eigenvalue weighted by Crippen LogP contribution is 2.16. The fraction of sp³-hybridized carbons (Fsp3) is 0.714. The summed E-state index contributed by atoms with van der Waals surface area (Å²) in [5.41, 5.74) is 0.695. The molecule has 0 fully saturated rings. The summed E-state index contributed by atoms with van der Waals surface area (Å²) in [6, 6.07) is 0. The van der Waals surface area contributed by atoms with E-state index in [1.54, 1.807) is 12.2 Å². The van der Waals surface area contributed by atoms with Crippen LogP contribution in [0.4, 0.5) is 0 Å². The minimum Gasteiger partial charge on any atom is -0.286 e. The molecule has 0 amide bonds. The van der Waals surface area contributed by atoms with Crippen molar-refractivity contribution in [2.24, 2.45) is 0 Å². The molecule has 0 saturated carbocycles. The minimum atomic E-state index is -0.364. The van der Waals surface area contributed by atoms with E-state index in [2.05, 4.69) is 6.92 Å². The first kappa shape index (κ1) is 19.9. The van der Waals surface area contributed by atoms with Gasteiger partial charge in [0.25, 0.3) is 0 Å². The van der Waals surface area contributed by atoms with Crippen LogP contribution in [-0.4, -0.2) is 11.6 Å². The Kier molecular flexibility index (Phi) is 11.5. The average molecular weight is 319 g/mol. The van der Waals surface area contributed by atoms with Gasteiger partial charge in [-0.2, -0.15) is 0 Å². The van der Waals surface area contributed by atoms with Crippen LogP contribution < -0.4 is 0 Å². The third kappa shape index (κ3) is 9.53. The van der Waals surface area contributed by atoms with Gasteiger partial charge in [-0.3, -0.25) is 9.59 Å². The number of allylic oxidation sites excluding steroid dienone is 4. The van der Waals surface area contributed by atoms with Crippen molar-refractivity contribution in [1.29, 1.82) is 0 Å². The molecule has 1 aliphatic rings. The normalized spacial score (nSPS) is 14.4. The van der Waals surface area contributed by atoms with Crippen LogP contribution in [0.15, 0.2) is 23.8 Å². The molecule has 130 valence electrons. The van der Waals surface area contributed by atoms with Crippen LogP contribution in [0, 0.1) is 0 Å². The van der Waals surface area contributed by atoms with Crippen molar-refractivity contribution in [2.75, 3.05) is 0 Å². The summed E-state index contributed by atoms with van der Waals surface area (Å²) in [6.45, 7) is 2.26. The van der Waals surface area contributed by atoms with E-state index >= 15 is 0 Å². The Morgan fingerprint density at radius 2 is 1.17 bits per heavy atom. The molecular weight excluding hydrogens is 284 g/mol. The number of Topliss-reactive ketones (excluding diaryl/α,β-unsaturated/α-hetero) is 1. The lowest BCUT2D eigenvalue weighted by Gasteiger charge is -2.07. The van der Waals surface area contributed by atoms with Gasteiger partial charge in [-0.1, -0.05) is 96.1 Å². The van der Waals surface area contributed by atoms with Crippen molar-refractivity contribution < 1.29 is 9.59 Å². The minimum absolute atomic E-state index is 0.300. The number of unbranched alkanes of at least 4 members (excludes halogenated alkanes) is 12. The number of hydrogen-bond acceptors (Lipinski definition) is 2. The molecule has 23 heavy (non-hydrogen) atoms. The zero-order valence-corrected chi connectivity index (χ0v) is 14.9. The van der Waals surface area contributed by atoms with Gasteiger partial charge in [0, 0.05) is 5.57 Å². The molecule has 0 aromatic heterocycles. The second-order valence-electron chi connectivity index (χ2n) is 6.74. The molecule has 1 rings (SSSR count). The number of carbonyl (C=O) groups is 2. The van der Waals surface area contributed by atoms with Crippen LogP contribution in [0.5, 0.6) is 0 Å². The summed E-state index contributed by atoms with van der Waals surface area (Å²) in [5.74, 6) is -0.663. The Bertz CT molecular complexity index is 404. The summed E-state index contributed by atoms with van der Waals surface area (Å²) < 4.78 is 0. The average Bonchev–Trinajstić information content (AvgIpc) is 2.55. The molecule has 1 aliphatic carbocycles. The van der Waals surface area contributed by atoms with E-state index in [9.17, 15) is 9.59 Å². The molecule has 0 unspecified atom stereocenters. The van der Waals surface area contributed by atoms with Crippen LogP contribution in [-0.2, 0) is 9.59 Å². The maximum absolute atomic E-state index is 11.6.